The molecule has 0 radical (unpaired) electrons. The van der Waals surface area contributed by atoms with Crippen LogP contribution in [0.1, 0.15) is 56.8 Å². The lowest BCUT2D eigenvalue weighted by molar-refractivity contribution is -0.128. The van der Waals surface area contributed by atoms with Gasteiger partial charge in [-0.2, -0.15) is 0 Å². The Kier molecular flexibility index (Phi) is 13.1. The summed E-state index contributed by atoms with van der Waals surface area (Å²) in [4.78, 5) is 53.1. The van der Waals surface area contributed by atoms with E-state index in [1.54, 1.807) is 24.3 Å². The number of nitrogens with one attached hydrogen (secondary N) is 3. The molecular weight excluding hydrogens is 586 g/mol. The zero-order valence-electron chi connectivity index (χ0n) is 26.8. The van der Waals surface area contributed by atoms with E-state index < -0.39 is 54.1 Å². The van der Waals surface area contributed by atoms with E-state index in [1.807, 2.05) is 94.4 Å². The van der Waals surface area contributed by atoms with Crippen molar-refractivity contribution in [2.75, 3.05) is 6.54 Å². The van der Waals surface area contributed by atoms with Gasteiger partial charge in [-0.1, -0.05) is 91.0 Å². The van der Waals surface area contributed by atoms with Gasteiger partial charge in [-0.3, -0.25) is 9.59 Å². The van der Waals surface area contributed by atoms with E-state index >= 15 is 0 Å². The molecule has 0 aliphatic carbocycles. The fourth-order valence-corrected chi connectivity index (χ4v) is 4.80. The molecule has 0 fully saturated rings. The monoisotopic (exact) mass is 631 g/mol. The molecule has 0 aromatic heterocycles. The minimum atomic E-state index is -1.37. The van der Waals surface area contributed by atoms with Crippen molar-refractivity contribution in [3.8, 4) is 0 Å². The van der Waals surface area contributed by atoms with Gasteiger partial charge in [0.25, 0.3) is 0 Å². The molecule has 0 bridgehead atoms. The minimum Gasteiger partial charge on any atom is -0.445 e. The van der Waals surface area contributed by atoms with Gasteiger partial charge in [0.05, 0.1) is 31.2 Å². The maximum absolute atomic E-state index is 13.6. The summed E-state index contributed by atoms with van der Waals surface area (Å²) in [5, 5.41) is 19.8. The van der Waals surface area contributed by atoms with E-state index in [-0.39, 0.29) is 25.6 Å². The number of amides is 5. The van der Waals surface area contributed by atoms with E-state index in [4.69, 9.17) is 10.5 Å². The van der Waals surface area contributed by atoms with Gasteiger partial charge >= 0.3 is 12.1 Å². The Hall–Kier alpha value is -4.90. The Balaban J connectivity index is 1.83. The number of nitrogens with zero attached hydrogens (tertiary/aromatic N) is 1. The van der Waals surface area contributed by atoms with Crippen LogP contribution >= 0.6 is 0 Å². The van der Waals surface area contributed by atoms with Crippen molar-refractivity contribution in [3.63, 3.8) is 0 Å². The Labute approximate surface area is 270 Å². The van der Waals surface area contributed by atoms with Crippen molar-refractivity contribution >= 4 is 23.9 Å². The van der Waals surface area contributed by atoms with E-state index in [2.05, 4.69) is 16.0 Å². The van der Waals surface area contributed by atoms with Crippen LogP contribution in [0.3, 0.4) is 0 Å². The highest BCUT2D eigenvalue weighted by Crippen LogP contribution is 2.22. The molecule has 0 saturated carbocycles. The van der Waals surface area contributed by atoms with Gasteiger partial charge in [0, 0.05) is 5.54 Å². The van der Waals surface area contributed by atoms with Crippen LogP contribution in [0.2, 0.25) is 0 Å². The van der Waals surface area contributed by atoms with Crippen LogP contribution in [0.5, 0.6) is 0 Å². The number of ether oxygens (including phenoxy) is 1. The maximum Gasteiger partial charge on any atom is 0.408 e. The van der Waals surface area contributed by atoms with Crippen LogP contribution in [0.25, 0.3) is 0 Å². The predicted molar refractivity (Wildman–Crippen MR) is 175 cm³/mol. The van der Waals surface area contributed by atoms with Gasteiger partial charge in [-0.15, -0.1) is 0 Å². The van der Waals surface area contributed by atoms with E-state index in [0.29, 0.717) is 0 Å². The molecule has 4 atom stereocenters. The zero-order valence-corrected chi connectivity index (χ0v) is 26.8. The highest BCUT2D eigenvalue weighted by Gasteiger charge is 2.33. The molecule has 0 aliphatic heterocycles. The molecule has 3 rings (SSSR count). The molecule has 5 amide bonds. The summed E-state index contributed by atoms with van der Waals surface area (Å²) in [6.07, 6.45) is -2.46. The number of rotatable bonds is 14. The number of primary amides is 1. The molecule has 0 unspecified atom stereocenters. The fourth-order valence-electron chi connectivity index (χ4n) is 4.80. The van der Waals surface area contributed by atoms with Crippen molar-refractivity contribution in [1.29, 1.82) is 0 Å². The molecule has 0 spiro atoms. The summed E-state index contributed by atoms with van der Waals surface area (Å²) in [6.45, 7) is 7.27. The van der Waals surface area contributed by atoms with Crippen molar-refractivity contribution in [2.24, 2.45) is 5.73 Å². The Bertz CT molecular complexity index is 1420. The van der Waals surface area contributed by atoms with Gasteiger partial charge in [0.1, 0.15) is 12.6 Å². The van der Waals surface area contributed by atoms with Gasteiger partial charge < -0.3 is 36.4 Å². The third-order valence-corrected chi connectivity index (χ3v) is 7.19. The Morgan fingerprint density at radius 1 is 0.848 bits per heavy atom. The molecule has 0 aliphatic rings. The predicted octanol–water partition coefficient (Wildman–Crippen LogP) is 3.82. The third-order valence-electron chi connectivity index (χ3n) is 7.19. The summed E-state index contributed by atoms with van der Waals surface area (Å²) >= 11 is 0. The fraction of sp³-hybridized carbons (Fsp3) is 0.371. The first-order chi connectivity index (χ1) is 21.8. The second kappa shape index (κ2) is 17.0. The molecular formula is C35H45N5O6. The standard InChI is InChI=1S/C35H45N5O6/c1-24(27-18-12-7-13-19-27)40(33(44)39-35(2,3)4)22-30(41)28(20-25-14-8-5-9-15-25)37-32(43)29(21-31(36)42)38-34(45)46-23-26-16-10-6-11-17-26/h5-19,24,28-30,41H,20-23H2,1-4H3,(H2,36,42)(H,37,43)(H,38,45)(H,39,44)/t24-,28+,29+,30+/m1/s1. The van der Waals surface area contributed by atoms with Gasteiger partial charge in [-0.25, -0.2) is 9.59 Å². The van der Waals surface area contributed by atoms with Crippen LogP contribution in [0, 0.1) is 0 Å². The van der Waals surface area contributed by atoms with Crippen molar-refractivity contribution in [2.45, 2.75) is 76.9 Å². The number of alkyl carbamates (subject to hydrolysis) is 1. The lowest BCUT2D eigenvalue weighted by Gasteiger charge is -2.36. The van der Waals surface area contributed by atoms with Gasteiger partial charge in [0.15, 0.2) is 0 Å². The first kappa shape index (κ1) is 35.6. The zero-order chi connectivity index (χ0) is 33.7. The summed E-state index contributed by atoms with van der Waals surface area (Å²) in [7, 11) is 0. The third kappa shape index (κ3) is 11.9. The van der Waals surface area contributed by atoms with Crippen LogP contribution in [-0.4, -0.2) is 64.2 Å². The van der Waals surface area contributed by atoms with Crippen LogP contribution < -0.4 is 21.7 Å². The SMILES string of the molecule is C[C@H](c1ccccc1)N(C[C@H](O)[C@H](Cc1ccccc1)NC(=O)[C@H](CC(N)=O)NC(=O)OCc1ccccc1)C(=O)NC(C)(C)C. The molecule has 3 aromatic carbocycles. The van der Waals surface area contributed by atoms with Crippen LogP contribution in [0.4, 0.5) is 9.59 Å². The van der Waals surface area contributed by atoms with Gasteiger partial charge in [-0.05, 0) is 50.8 Å². The van der Waals surface area contributed by atoms with Crippen molar-refractivity contribution in [1.82, 2.24) is 20.9 Å². The van der Waals surface area contributed by atoms with Gasteiger partial charge in [0.2, 0.25) is 11.8 Å². The first-order valence-electron chi connectivity index (χ1n) is 15.2. The lowest BCUT2D eigenvalue weighted by atomic mass is 9.98. The largest absolute Gasteiger partial charge is 0.445 e. The van der Waals surface area contributed by atoms with Crippen LogP contribution in [-0.2, 0) is 27.4 Å². The molecule has 11 nitrogen and oxygen atoms in total. The van der Waals surface area contributed by atoms with Crippen molar-refractivity contribution < 1.29 is 29.0 Å². The molecule has 11 heteroatoms. The molecule has 0 heterocycles. The topological polar surface area (TPSA) is 163 Å². The average Bonchev–Trinajstić information content (AvgIpc) is 3.02. The molecule has 3 aromatic rings. The number of urea groups is 1. The summed E-state index contributed by atoms with van der Waals surface area (Å²) in [5.41, 5.74) is 7.29. The summed E-state index contributed by atoms with van der Waals surface area (Å²) < 4.78 is 5.24. The molecule has 0 saturated heterocycles. The average molecular weight is 632 g/mol. The second-order valence-electron chi connectivity index (χ2n) is 12.2. The quantitative estimate of drug-likeness (QED) is 0.182. The number of aliphatic hydroxyl groups is 1. The highest BCUT2D eigenvalue weighted by atomic mass is 16.5. The van der Waals surface area contributed by atoms with E-state index in [1.165, 1.54) is 4.90 Å². The number of carbonyl (C=O) groups excluding carboxylic acids is 4. The number of hydrogen-bond acceptors (Lipinski definition) is 6. The summed E-state index contributed by atoms with van der Waals surface area (Å²) in [5.74, 6) is -1.55. The lowest BCUT2D eigenvalue weighted by Crippen LogP contribution is -2.57. The van der Waals surface area contributed by atoms with Crippen molar-refractivity contribution in [3.05, 3.63) is 108 Å². The second-order valence-corrected chi connectivity index (χ2v) is 12.2. The van der Waals surface area contributed by atoms with E-state index in [0.717, 1.165) is 16.7 Å². The van der Waals surface area contributed by atoms with Crippen LogP contribution in [0.15, 0.2) is 91.0 Å². The number of nitrogens with two attached hydrogens (primary N) is 1. The summed E-state index contributed by atoms with van der Waals surface area (Å²) in [6, 6.07) is 24.5. The minimum absolute atomic E-state index is 0.0427. The Morgan fingerprint density at radius 3 is 1.93 bits per heavy atom. The molecule has 6 N–H and O–H groups in total. The molecule has 246 valence electrons. The highest BCUT2D eigenvalue weighted by molar-refractivity contribution is 5.90. The number of aliphatic hydroxyl groups excluding tert-OH is 1. The Morgan fingerprint density at radius 2 is 1.39 bits per heavy atom. The molecule has 46 heavy (non-hydrogen) atoms. The normalized spacial score (nSPS) is 13.8. The number of carbonyl (C=O) groups is 4. The first-order valence-corrected chi connectivity index (χ1v) is 15.2. The number of hydrogen-bond donors (Lipinski definition) is 5. The van der Waals surface area contributed by atoms with E-state index in [9.17, 15) is 24.3 Å². The smallest absolute Gasteiger partial charge is 0.408 e. The number of benzene rings is 3. The maximum atomic E-state index is 13.6.